The molecule has 8 nitrogen and oxygen atoms in total. The summed E-state index contributed by atoms with van der Waals surface area (Å²) in [6.07, 6.45) is 8.41. The van der Waals surface area contributed by atoms with Gasteiger partial charge in [0.05, 0.1) is 25.6 Å². The highest BCUT2D eigenvalue weighted by Crippen LogP contribution is 2.69. The van der Waals surface area contributed by atoms with Crippen LogP contribution < -0.4 is 5.63 Å². The molecule has 0 bridgehead atoms. The minimum atomic E-state index is -0.611. The van der Waals surface area contributed by atoms with Crippen LogP contribution >= 0.6 is 0 Å². The van der Waals surface area contributed by atoms with E-state index in [0.29, 0.717) is 49.2 Å². The van der Waals surface area contributed by atoms with E-state index in [9.17, 15) is 14.7 Å². The number of morpholine rings is 1. The maximum absolute atomic E-state index is 12.5. The minimum Gasteiger partial charge on any atom is -0.433 e. The van der Waals surface area contributed by atoms with Crippen molar-refractivity contribution in [3.05, 3.63) is 34.4 Å². The highest BCUT2D eigenvalue weighted by Gasteiger charge is 2.62. The quantitative estimate of drug-likeness (QED) is 0.539. The summed E-state index contributed by atoms with van der Waals surface area (Å²) >= 11 is 0. The highest BCUT2D eigenvalue weighted by atomic mass is 16.7. The van der Waals surface area contributed by atoms with E-state index in [-0.39, 0.29) is 22.6 Å². The molecule has 5 aliphatic rings. The van der Waals surface area contributed by atoms with Gasteiger partial charge in [-0.1, -0.05) is 13.8 Å². The average molecular weight is 544 g/mol. The van der Waals surface area contributed by atoms with Crippen LogP contribution in [0.5, 0.6) is 0 Å². The second-order valence-electron chi connectivity index (χ2n) is 13.4. The summed E-state index contributed by atoms with van der Waals surface area (Å²) in [4.78, 5) is 26.2. The molecule has 39 heavy (non-hydrogen) atoms. The van der Waals surface area contributed by atoms with Crippen LogP contribution in [-0.2, 0) is 14.2 Å². The summed E-state index contributed by atoms with van der Waals surface area (Å²) in [5.74, 6) is 2.47. The van der Waals surface area contributed by atoms with Gasteiger partial charge in [0.1, 0.15) is 12.7 Å². The van der Waals surface area contributed by atoms with Gasteiger partial charge in [-0.15, -0.1) is 0 Å². The smallest absolute Gasteiger partial charge is 0.433 e. The predicted molar refractivity (Wildman–Crippen MR) is 144 cm³/mol. The summed E-state index contributed by atoms with van der Waals surface area (Å²) in [6.45, 7) is 8.94. The fraction of sp³-hybridized carbons (Fsp3) is 0.806. The zero-order valence-electron chi connectivity index (χ0n) is 23.5. The SMILES string of the molecule is CC12CCC3C(CCC4CC(OC(=O)OCCN5CCOCC5)CC(O)C43C)C1CCC2c1ccc(=O)oc1. The van der Waals surface area contributed by atoms with E-state index in [1.54, 1.807) is 12.3 Å². The van der Waals surface area contributed by atoms with Crippen molar-refractivity contribution in [2.75, 3.05) is 39.5 Å². The molecule has 8 heteroatoms. The van der Waals surface area contributed by atoms with Crippen LogP contribution in [0.4, 0.5) is 4.79 Å². The Kier molecular flexibility index (Phi) is 7.57. The Morgan fingerprint density at radius 2 is 1.90 bits per heavy atom. The first kappa shape index (κ1) is 27.3. The third-order valence-electron chi connectivity index (χ3n) is 11.8. The van der Waals surface area contributed by atoms with Crippen molar-refractivity contribution in [3.63, 3.8) is 0 Å². The van der Waals surface area contributed by atoms with Crippen LogP contribution in [0.2, 0.25) is 0 Å². The number of aliphatic hydroxyl groups is 1. The Bertz CT molecular complexity index is 1060. The number of hydrogen-bond donors (Lipinski definition) is 1. The van der Waals surface area contributed by atoms with E-state index in [1.165, 1.54) is 12.8 Å². The maximum atomic E-state index is 12.5. The molecular weight excluding hydrogens is 498 g/mol. The Hall–Kier alpha value is -1.90. The lowest BCUT2D eigenvalue weighted by atomic mass is 9.44. The van der Waals surface area contributed by atoms with E-state index < -0.39 is 12.3 Å². The first-order valence-electron chi connectivity index (χ1n) is 15.2. The zero-order chi connectivity index (χ0) is 27.2. The molecule has 1 aliphatic heterocycles. The van der Waals surface area contributed by atoms with Crippen molar-refractivity contribution in [2.45, 2.75) is 83.3 Å². The van der Waals surface area contributed by atoms with Crippen molar-refractivity contribution in [3.8, 4) is 0 Å². The van der Waals surface area contributed by atoms with Crippen LogP contribution in [0.3, 0.4) is 0 Å². The molecule has 9 atom stereocenters. The number of carbonyl (C=O) groups excluding carboxylic acids is 1. The van der Waals surface area contributed by atoms with Crippen molar-refractivity contribution in [1.29, 1.82) is 0 Å². The Morgan fingerprint density at radius 3 is 2.67 bits per heavy atom. The molecular formula is C31H45NO7. The average Bonchev–Trinajstić information content (AvgIpc) is 3.28. The van der Waals surface area contributed by atoms with E-state index in [4.69, 9.17) is 18.6 Å². The molecule has 216 valence electrons. The molecule has 0 spiro atoms. The third kappa shape index (κ3) is 4.95. The van der Waals surface area contributed by atoms with Crippen molar-refractivity contribution in [1.82, 2.24) is 4.90 Å². The van der Waals surface area contributed by atoms with Gasteiger partial charge < -0.3 is 23.7 Å². The zero-order valence-corrected chi connectivity index (χ0v) is 23.5. The first-order valence-corrected chi connectivity index (χ1v) is 15.2. The van der Waals surface area contributed by atoms with E-state index in [2.05, 4.69) is 18.7 Å². The van der Waals surface area contributed by atoms with Gasteiger partial charge in [-0.25, -0.2) is 9.59 Å². The normalized spacial score (nSPS) is 42.2. The van der Waals surface area contributed by atoms with Gasteiger partial charge in [-0.05, 0) is 97.0 Å². The van der Waals surface area contributed by atoms with Gasteiger partial charge in [-0.2, -0.15) is 0 Å². The number of nitrogens with zero attached hydrogens (tertiary/aromatic N) is 1. The standard InChI is InChI=1S/C31H45NO7/c1-30-10-9-26-23(25(30)7-6-24(30)20-3-8-28(34)38-19-20)5-4-21-17-22(18-27(33)31(21,26)2)39-29(35)37-16-13-32-11-14-36-15-12-32/h3,8,19,21-27,33H,4-7,9-18H2,1-2H3. The van der Waals surface area contributed by atoms with Crippen molar-refractivity contribution >= 4 is 6.16 Å². The van der Waals surface area contributed by atoms with Crippen molar-refractivity contribution < 1.29 is 28.5 Å². The third-order valence-corrected chi connectivity index (χ3v) is 11.8. The summed E-state index contributed by atoms with van der Waals surface area (Å²) in [5.41, 5.74) is 0.915. The maximum Gasteiger partial charge on any atom is 0.508 e. The Labute approximate surface area is 231 Å². The number of rotatable bonds is 5. The van der Waals surface area contributed by atoms with Crippen LogP contribution in [0.15, 0.2) is 27.6 Å². The number of carbonyl (C=O) groups is 1. The number of aliphatic hydroxyl groups excluding tert-OH is 1. The number of fused-ring (bicyclic) bond motifs is 5. The number of ether oxygens (including phenoxy) is 3. The molecule has 2 heterocycles. The van der Waals surface area contributed by atoms with Crippen LogP contribution in [-0.4, -0.2) is 67.8 Å². The van der Waals surface area contributed by atoms with Crippen LogP contribution in [0.25, 0.3) is 0 Å². The van der Waals surface area contributed by atoms with E-state index in [0.717, 1.165) is 64.0 Å². The van der Waals surface area contributed by atoms with Gasteiger partial charge in [0.25, 0.3) is 0 Å². The second kappa shape index (κ2) is 10.8. The Balaban J connectivity index is 1.08. The molecule has 1 aromatic heterocycles. The van der Waals surface area contributed by atoms with Crippen LogP contribution in [0, 0.1) is 34.5 Å². The first-order chi connectivity index (χ1) is 18.8. The second-order valence-corrected chi connectivity index (χ2v) is 13.4. The molecule has 1 saturated heterocycles. The largest absolute Gasteiger partial charge is 0.508 e. The molecule has 1 aromatic rings. The molecule has 1 N–H and O–H groups in total. The van der Waals surface area contributed by atoms with Crippen molar-refractivity contribution in [2.24, 2.45) is 34.5 Å². The summed E-state index contributed by atoms with van der Waals surface area (Å²) in [7, 11) is 0. The molecule has 0 aromatic carbocycles. The molecule has 6 rings (SSSR count). The monoisotopic (exact) mass is 543 g/mol. The fourth-order valence-corrected chi connectivity index (χ4v) is 9.74. The van der Waals surface area contributed by atoms with E-state index >= 15 is 0 Å². The lowest BCUT2D eigenvalue weighted by Crippen LogP contribution is -2.59. The van der Waals surface area contributed by atoms with Crippen LogP contribution in [0.1, 0.15) is 76.7 Å². The topological polar surface area (TPSA) is 98.4 Å². The molecule has 0 radical (unpaired) electrons. The lowest BCUT2D eigenvalue weighted by molar-refractivity contribution is -0.181. The predicted octanol–water partition coefficient (Wildman–Crippen LogP) is 4.59. The van der Waals surface area contributed by atoms with Gasteiger partial charge >= 0.3 is 11.8 Å². The summed E-state index contributed by atoms with van der Waals surface area (Å²) in [5, 5.41) is 11.6. The lowest BCUT2D eigenvalue weighted by Gasteiger charge is -2.62. The highest BCUT2D eigenvalue weighted by molar-refractivity contribution is 5.60. The fourth-order valence-electron chi connectivity index (χ4n) is 9.74. The van der Waals surface area contributed by atoms with Gasteiger partial charge in [0.15, 0.2) is 0 Å². The van der Waals surface area contributed by atoms with E-state index in [1.807, 2.05) is 6.07 Å². The molecule has 0 amide bonds. The summed E-state index contributed by atoms with van der Waals surface area (Å²) < 4.78 is 21.7. The van der Waals surface area contributed by atoms with Gasteiger partial charge in [-0.3, -0.25) is 4.90 Å². The van der Waals surface area contributed by atoms with Gasteiger partial charge in [0.2, 0.25) is 0 Å². The summed E-state index contributed by atoms with van der Waals surface area (Å²) in [6, 6.07) is 3.52. The molecule has 4 saturated carbocycles. The molecule has 4 aliphatic carbocycles. The minimum absolute atomic E-state index is 0.151. The number of hydrogen-bond acceptors (Lipinski definition) is 8. The molecule has 5 fully saturated rings. The Morgan fingerprint density at radius 1 is 1.08 bits per heavy atom. The molecule has 9 unspecified atom stereocenters. The van der Waals surface area contributed by atoms with Gasteiger partial charge in [0, 0.05) is 32.1 Å².